The highest BCUT2D eigenvalue weighted by Gasteiger charge is 2.11. The molecule has 1 aliphatic rings. The lowest BCUT2D eigenvalue weighted by Gasteiger charge is -2.29. The minimum atomic E-state index is 0.494. The first kappa shape index (κ1) is 19.9. The van der Waals surface area contributed by atoms with Gasteiger partial charge in [-0.2, -0.15) is 5.26 Å². The fourth-order valence-electron chi connectivity index (χ4n) is 2.87. The maximum atomic E-state index is 8.74. The minimum Gasteiger partial charge on any atom is -0.493 e. The summed E-state index contributed by atoms with van der Waals surface area (Å²) in [5.41, 5.74) is 6.70. The number of anilines is 1. The number of hydrogen-bond donors (Lipinski definition) is 3. The summed E-state index contributed by atoms with van der Waals surface area (Å²) in [6.07, 6.45) is 7.37. The van der Waals surface area contributed by atoms with Crippen LogP contribution in [0.1, 0.15) is 32.1 Å². The molecule has 142 valence electrons. The predicted molar refractivity (Wildman–Crippen MR) is 105 cm³/mol. The summed E-state index contributed by atoms with van der Waals surface area (Å²) in [6, 6.07) is 8.31. The molecule has 1 saturated heterocycles. The van der Waals surface area contributed by atoms with Gasteiger partial charge in [0.15, 0.2) is 6.19 Å². The Morgan fingerprint density at radius 2 is 2.12 bits per heavy atom. The van der Waals surface area contributed by atoms with Crippen LogP contribution in [0.4, 0.5) is 5.69 Å². The van der Waals surface area contributed by atoms with E-state index >= 15 is 0 Å². The lowest BCUT2D eigenvalue weighted by molar-refractivity contribution is 0.313. The first-order chi connectivity index (χ1) is 12.8. The summed E-state index contributed by atoms with van der Waals surface area (Å²) in [6.45, 7) is 4.75. The average molecular weight is 358 g/mol. The molecule has 26 heavy (non-hydrogen) atoms. The monoisotopic (exact) mass is 358 g/mol. The number of nitriles is 1. The van der Waals surface area contributed by atoms with Crippen molar-refractivity contribution in [3.63, 3.8) is 0 Å². The van der Waals surface area contributed by atoms with Crippen molar-refractivity contribution in [2.75, 3.05) is 44.2 Å². The summed E-state index contributed by atoms with van der Waals surface area (Å²) in [5.74, 6) is 1.39. The molecule has 0 bridgehead atoms. The second-order valence-electron chi connectivity index (χ2n) is 6.28. The van der Waals surface area contributed by atoms with Crippen molar-refractivity contribution in [3.05, 3.63) is 24.3 Å². The summed E-state index contributed by atoms with van der Waals surface area (Å²) in [4.78, 5) is 6.77. The van der Waals surface area contributed by atoms with Gasteiger partial charge in [0.1, 0.15) is 5.75 Å². The van der Waals surface area contributed by atoms with Crippen LogP contribution in [0.5, 0.6) is 5.75 Å². The fraction of sp³-hybridized carbons (Fsp3) is 0.579. The quantitative estimate of drug-likeness (QED) is 0.205. The lowest BCUT2D eigenvalue weighted by Crippen LogP contribution is -2.36. The number of hydrogen-bond acceptors (Lipinski definition) is 5. The normalized spacial score (nSPS) is 14.6. The van der Waals surface area contributed by atoms with E-state index in [4.69, 9.17) is 15.7 Å². The summed E-state index contributed by atoms with van der Waals surface area (Å²) in [5, 5.41) is 14.4. The highest BCUT2D eigenvalue weighted by molar-refractivity contribution is 5.81. The molecule has 0 atom stereocenters. The molecule has 1 fully saturated rings. The van der Waals surface area contributed by atoms with Gasteiger partial charge in [0.05, 0.1) is 6.61 Å². The van der Waals surface area contributed by atoms with Gasteiger partial charge < -0.3 is 20.7 Å². The Balaban J connectivity index is 1.73. The van der Waals surface area contributed by atoms with Crippen molar-refractivity contribution in [2.45, 2.75) is 32.1 Å². The molecule has 0 aliphatic carbocycles. The summed E-state index contributed by atoms with van der Waals surface area (Å²) in [7, 11) is 0. The van der Waals surface area contributed by atoms with Gasteiger partial charge in [-0.25, -0.2) is 0 Å². The third-order valence-corrected chi connectivity index (χ3v) is 4.23. The molecule has 7 heteroatoms. The maximum absolute atomic E-state index is 8.74. The zero-order valence-corrected chi connectivity index (χ0v) is 15.4. The molecule has 0 unspecified atom stereocenters. The highest BCUT2D eigenvalue weighted by atomic mass is 16.5. The Morgan fingerprint density at radius 3 is 2.88 bits per heavy atom. The van der Waals surface area contributed by atoms with Gasteiger partial charge in [-0.05, 0) is 44.4 Å². The Morgan fingerprint density at radius 1 is 1.27 bits per heavy atom. The zero-order valence-electron chi connectivity index (χ0n) is 15.4. The van der Waals surface area contributed by atoms with Crippen LogP contribution in [-0.2, 0) is 0 Å². The number of benzene rings is 1. The van der Waals surface area contributed by atoms with Crippen molar-refractivity contribution in [2.24, 2.45) is 10.7 Å². The molecule has 1 aliphatic heterocycles. The van der Waals surface area contributed by atoms with Crippen LogP contribution in [0.25, 0.3) is 0 Å². The number of nitrogens with one attached hydrogen (secondary N) is 2. The number of piperidine rings is 1. The van der Waals surface area contributed by atoms with Gasteiger partial charge in [0.2, 0.25) is 5.96 Å². The third-order valence-electron chi connectivity index (χ3n) is 4.23. The molecule has 1 aromatic carbocycles. The molecular weight excluding hydrogens is 328 g/mol. The van der Waals surface area contributed by atoms with E-state index < -0.39 is 0 Å². The number of rotatable bonds is 9. The van der Waals surface area contributed by atoms with Crippen LogP contribution in [0.15, 0.2) is 29.3 Å². The average Bonchev–Trinajstić information content (AvgIpc) is 2.69. The van der Waals surface area contributed by atoms with Crippen molar-refractivity contribution >= 4 is 11.6 Å². The molecule has 0 spiro atoms. The molecule has 0 saturated carbocycles. The number of nitrogens with zero attached hydrogens (tertiary/aromatic N) is 3. The standard InChI is InChI=1S/C19H30N6O/c20-9-5-10-22-19(24-16-21)23-11-6-14-26-18-8-4-7-17(15-18)25-12-2-1-3-13-25/h4,7-8,15H,1-3,5-6,9-14,20H2,(H2,22,23,24). The molecular formula is C19H30N6O. The van der Waals surface area contributed by atoms with Crippen LogP contribution in [0, 0.1) is 11.5 Å². The molecule has 0 aromatic heterocycles. The van der Waals surface area contributed by atoms with Crippen LogP contribution >= 0.6 is 0 Å². The van der Waals surface area contributed by atoms with Crippen molar-refractivity contribution in [1.29, 1.82) is 5.26 Å². The topological polar surface area (TPSA) is 98.7 Å². The molecule has 4 N–H and O–H groups in total. The molecule has 0 radical (unpaired) electrons. The second-order valence-corrected chi connectivity index (χ2v) is 6.28. The van der Waals surface area contributed by atoms with E-state index in [1.807, 2.05) is 18.3 Å². The minimum absolute atomic E-state index is 0.494. The van der Waals surface area contributed by atoms with E-state index in [0.717, 1.165) is 31.7 Å². The maximum Gasteiger partial charge on any atom is 0.204 e. The summed E-state index contributed by atoms with van der Waals surface area (Å²) < 4.78 is 5.86. The van der Waals surface area contributed by atoms with Gasteiger partial charge in [-0.15, -0.1) is 0 Å². The predicted octanol–water partition coefficient (Wildman–Crippen LogP) is 1.81. The van der Waals surface area contributed by atoms with Crippen LogP contribution in [0.2, 0.25) is 0 Å². The number of guanidine groups is 1. The van der Waals surface area contributed by atoms with E-state index in [9.17, 15) is 0 Å². The van der Waals surface area contributed by atoms with Crippen LogP contribution in [-0.4, -0.2) is 45.3 Å². The SMILES string of the molecule is N#CNC(=NCCCOc1cccc(N2CCCCC2)c1)NCCCN. The van der Waals surface area contributed by atoms with Gasteiger partial charge in [-0.1, -0.05) is 6.07 Å². The van der Waals surface area contributed by atoms with E-state index in [1.165, 1.54) is 24.9 Å². The fourth-order valence-corrected chi connectivity index (χ4v) is 2.87. The summed E-state index contributed by atoms with van der Waals surface area (Å²) >= 11 is 0. The smallest absolute Gasteiger partial charge is 0.204 e. The Hall–Kier alpha value is -2.46. The van der Waals surface area contributed by atoms with Crippen LogP contribution in [0.3, 0.4) is 0 Å². The number of nitrogens with two attached hydrogens (primary N) is 1. The molecule has 0 amide bonds. The van der Waals surface area contributed by atoms with Gasteiger partial charge in [-0.3, -0.25) is 10.3 Å². The Bertz CT molecular complexity index is 592. The first-order valence-electron chi connectivity index (χ1n) is 9.45. The van der Waals surface area contributed by atoms with Crippen molar-refractivity contribution in [3.8, 4) is 11.9 Å². The van der Waals surface area contributed by atoms with E-state index in [1.54, 1.807) is 0 Å². The van der Waals surface area contributed by atoms with E-state index in [-0.39, 0.29) is 0 Å². The zero-order chi connectivity index (χ0) is 18.5. The largest absolute Gasteiger partial charge is 0.493 e. The second kappa shape index (κ2) is 12.0. The number of aliphatic imine (C=N–C) groups is 1. The molecule has 7 nitrogen and oxygen atoms in total. The van der Waals surface area contributed by atoms with E-state index in [2.05, 4.69) is 32.7 Å². The molecule has 1 heterocycles. The van der Waals surface area contributed by atoms with Gasteiger partial charge in [0.25, 0.3) is 0 Å². The van der Waals surface area contributed by atoms with E-state index in [0.29, 0.717) is 32.2 Å². The Labute approximate surface area is 156 Å². The highest BCUT2D eigenvalue weighted by Crippen LogP contribution is 2.24. The van der Waals surface area contributed by atoms with Crippen LogP contribution < -0.4 is 26.0 Å². The number of ether oxygens (including phenoxy) is 1. The van der Waals surface area contributed by atoms with Crippen molar-refractivity contribution in [1.82, 2.24) is 10.6 Å². The lowest BCUT2D eigenvalue weighted by atomic mass is 10.1. The van der Waals surface area contributed by atoms with Gasteiger partial charge >= 0.3 is 0 Å². The third kappa shape index (κ3) is 7.19. The first-order valence-corrected chi connectivity index (χ1v) is 9.45. The Kier molecular flexibility index (Phi) is 9.15. The van der Waals surface area contributed by atoms with Crippen molar-refractivity contribution < 1.29 is 4.74 Å². The van der Waals surface area contributed by atoms with Gasteiger partial charge in [0, 0.05) is 44.4 Å². The molecule has 1 aromatic rings. The molecule has 2 rings (SSSR count).